The predicted octanol–water partition coefficient (Wildman–Crippen LogP) is 3.64. The second kappa shape index (κ2) is 5.61. The van der Waals surface area contributed by atoms with Crippen LogP contribution in [0, 0.1) is 0 Å². The van der Waals surface area contributed by atoms with Gasteiger partial charge in [-0.25, -0.2) is 4.79 Å². The van der Waals surface area contributed by atoms with E-state index in [2.05, 4.69) is 10.0 Å². The monoisotopic (exact) mass is 307 g/mol. The molecule has 1 aliphatic heterocycles. The van der Waals surface area contributed by atoms with Gasteiger partial charge in [0.25, 0.3) is 5.79 Å². The van der Waals surface area contributed by atoms with Crippen LogP contribution >= 0.6 is 0 Å². The molecule has 0 fully saturated rings. The van der Waals surface area contributed by atoms with Crippen molar-refractivity contribution >= 4 is 5.97 Å². The molecule has 0 radical (unpaired) electrons. The lowest BCUT2D eigenvalue weighted by Gasteiger charge is -2.23. The molecule has 0 amide bonds. The molecular weight excluding hydrogens is 294 g/mol. The molecule has 3 rings (SSSR count). The van der Waals surface area contributed by atoms with Crippen LogP contribution in [-0.2, 0) is 15.3 Å². The molecule has 1 N–H and O–H groups in total. The summed E-state index contributed by atoms with van der Waals surface area (Å²) in [5.74, 6) is -2.76. The van der Waals surface area contributed by atoms with Gasteiger partial charge in [-0.15, -0.1) is 0 Å². The fraction of sp³-hybridized carbons (Fsp3) is 0.118. The van der Waals surface area contributed by atoms with Crippen molar-refractivity contribution in [2.45, 2.75) is 12.7 Å². The first-order valence-electron chi connectivity index (χ1n) is 6.94. The van der Waals surface area contributed by atoms with Crippen LogP contribution in [0.5, 0.6) is 0 Å². The molecule has 0 spiro atoms. The van der Waals surface area contributed by atoms with Crippen molar-refractivity contribution < 1.29 is 14.6 Å². The second-order valence-corrected chi connectivity index (χ2v) is 5.14. The van der Waals surface area contributed by atoms with Gasteiger partial charge in [0, 0.05) is 16.0 Å². The van der Waals surface area contributed by atoms with Gasteiger partial charge >= 0.3 is 5.97 Å². The largest absolute Gasteiger partial charge is 0.421 e. The van der Waals surface area contributed by atoms with Gasteiger partial charge in [0.2, 0.25) is 0 Å². The Kier molecular flexibility index (Phi) is 3.62. The molecule has 1 aliphatic rings. The average Bonchev–Trinajstić information content (AvgIpc) is 2.80. The summed E-state index contributed by atoms with van der Waals surface area (Å²) in [5, 5.41) is 14.1. The quantitative estimate of drug-likeness (QED) is 0.406. The molecule has 0 aromatic heterocycles. The van der Waals surface area contributed by atoms with E-state index in [1.165, 1.54) is 6.92 Å². The van der Waals surface area contributed by atoms with Gasteiger partial charge in [0.05, 0.1) is 0 Å². The lowest BCUT2D eigenvalue weighted by atomic mass is 9.98. The van der Waals surface area contributed by atoms with Crippen LogP contribution in [0.25, 0.3) is 21.6 Å². The minimum absolute atomic E-state index is 0.0948. The van der Waals surface area contributed by atoms with Crippen molar-refractivity contribution in [2.24, 2.45) is 5.11 Å². The van der Waals surface area contributed by atoms with Crippen LogP contribution in [-0.4, -0.2) is 11.1 Å². The lowest BCUT2D eigenvalue weighted by molar-refractivity contribution is -0.185. The summed E-state index contributed by atoms with van der Waals surface area (Å²) in [5.41, 5.74) is 10.9. The van der Waals surface area contributed by atoms with Gasteiger partial charge in [-0.3, -0.25) is 0 Å². The molecule has 114 valence electrons. The minimum atomic E-state index is -2.05. The molecule has 23 heavy (non-hydrogen) atoms. The van der Waals surface area contributed by atoms with Gasteiger partial charge in [0.15, 0.2) is 0 Å². The van der Waals surface area contributed by atoms with Gasteiger partial charge in [-0.05, 0) is 23.6 Å². The van der Waals surface area contributed by atoms with Crippen LogP contribution in [0.2, 0.25) is 0 Å². The molecule has 0 saturated heterocycles. The predicted molar refractivity (Wildman–Crippen MR) is 83.7 cm³/mol. The van der Waals surface area contributed by atoms with E-state index in [9.17, 15) is 9.90 Å². The molecule has 0 bridgehead atoms. The smallest absolute Gasteiger partial charge is 0.337 e. The number of nitrogens with zero attached hydrogens (tertiary/aromatic N) is 3. The van der Waals surface area contributed by atoms with Gasteiger partial charge in [-0.1, -0.05) is 59.7 Å². The third kappa shape index (κ3) is 2.46. The zero-order valence-electron chi connectivity index (χ0n) is 12.3. The fourth-order valence-corrected chi connectivity index (χ4v) is 2.51. The van der Waals surface area contributed by atoms with Crippen LogP contribution in [0.15, 0.2) is 71.0 Å². The van der Waals surface area contributed by atoms with Crippen molar-refractivity contribution in [2.75, 3.05) is 0 Å². The highest BCUT2D eigenvalue weighted by Crippen LogP contribution is 2.40. The van der Waals surface area contributed by atoms with E-state index in [4.69, 9.17) is 10.3 Å². The third-order valence-corrected chi connectivity index (χ3v) is 3.75. The summed E-state index contributed by atoms with van der Waals surface area (Å²) in [6.45, 7) is 1.45. The van der Waals surface area contributed by atoms with E-state index in [-0.39, 0.29) is 11.3 Å². The van der Waals surface area contributed by atoms with E-state index in [0.717, 1.165) is 11.1 Å². The third-order valence-electron chi connectivity index (χ3n) is 3.75. The Bertz CT molecular complexity index is 837. The Balaban J connectivity index is 2.02. The molecule has 1 heterocycles. The SMILES string of the molecule is CC1=C(N=[N+]=[N-])C(O)(c2ccc(-c3ccccc3)cc2)OC1=O. The van der Waals surface area contributed by atoms with Gasteiger partial charge in [0.1, 0.15) is 5.70 Å². The van der Waals surface area contributed by atoms with Crippen molar-refractivity contribution in [1.82, 2.24) is 0 Å². The maximum absolute atomic E-state index is 11.7. The van der Waals surface area contributed by atoms with Crippen molar-refractivity contribution in [1.29, 1.82) is 0 Å². The maximum atomic E-state index is 11.7. The van der Waals surface area contributed by atoms with E-state index in [1.54, 1.807) is 24.3 Å². The number of benzene rings is 2. The highest BCUT2D eigenvalue weighted by atomic mass is 16.7. The molecule has 0 saturated carbocycles. The number of rotatable bonds is 3. The molecule has 6 heteroatoms. The summed E-state index contributed by atoms with van der Waals surface area (Å²) < 4.78 is 5.04. The summed E-state index contributed by atoms with van der Waals surface area (Å²) in [4.78, 5) is 14.4. The molecule has 0 aliphatic carbocycles. The maximum Gasteiger partial charge on any atom is 0.337 e. The van der Waals surface area contributed by atoms with Crippen molar-refractivity contribution in [3.05, 3.63) is 81.9 Å². The Morgan fingerprint density at radius 1 is 1.09 bits per heavy atom. The van der Waals surface area contributed by atoms with Crippen LogP contribution in [0.4, 0.5) is 0 Å². The summed E-state index contributed by atoms with van der Waals surface area (Å²) in [6.07, 6.45) is 0. The first-order valence-corrected chi connectivity index (χ1v) is 6.94. The van der Waals surface area contributed by atoms with Gasteiger partial charge in [-0.2, -0.15) is 0 Å². The number of aliphatic hydroxyl groups is 1. The normalized spacial score (nSPS) is 20.2. The molecule has 1 atom stereocenters. The van der Waals surface area contributed by atoms with Gasteiger partial charge < -0.3 is 9.84 Å². The van der Waals surface area contributed by atoms with Crippen LogP contribution in [0.3, 0.4) is 0 Å². The van der Waals surface area contributed by atoms with Crippen molar-refractivity contribution in [3.8, 4) is 11.1 Å². The van der Waals surface area contributed by atoms with E-state index in [0.29, 0.717) is 5.56 Å². The van der Waals surface area contributed by atoms with E-state index >= 15 is 0 Å². The Morgan fingerprint density at radius 2 is 1.70 bits per heavy atom. The summed E-state index contributed by atoms with van der Waals surface area (Å²) in [7, 11) is 0. The molecule has 6 nitrogen and oxygen atoms in total. The molecular formula is C17H13N3O3. The first-order chi connectivity index (χ1) is 11.1. The topological polar surface area (TPSA) is 95.3 Å². The highest BCUT2D eigenvalue weighted by Gasteiger charge is 2.46. The number of ether oxygens (including phenoxy) is 1. The number of carbonyl (C=O) groups is 1. The summed E-state index contributed by atoms with van der Waals surface area (Å²) >= 11 is 0. The lowest BCUT2D eigenvalue weighted by Crippen LogP contribution is -2.28. The molecule has 2 aromatic carbocycles. The Morgan fingerprint density at radius 3 is 2.30 bits per heavy atom. The van der Waals surface area contributed by atoms with Crippen molar-refractivity contribution in [3.63, 3.8) is 0 Å². The second-order valence-electron chi connectivity index (χ2n) is 5.14. The fourth-order valence-electron chi connectivity index (χ4n) is 2.51. The minimum Gasteiger partial charge on any atom is -0.421 e. The number of hydrogen-bond acceptors (Lipinski definition) is 4. The number of carbonyl (C=O) groups excluding carboxylic acids is 1. The Labute approximate surface area is 132 Å². The zero-order valence-corrected chi connectivity index (χ0v) is 12.3. The first kappa shape index (κ1) is 14.8. The highest BCUT2D eigenvalue weighted by molar-refractivity contribution is 5.92. The number of hydrogen-bond donors (Lipinski definition) is 1. The summed E-state index contributed by atoms with van der Waals surface area (Å²) in [6, 6.07) is 16.6. The zero-order chi connectivity index (χ0) is 16.4. The van der Waals surface area contributed by atoms with Crippen LogP contribution < -0.4 is 0 Å². The Hall–Kier alpha value is -3.08. The number of cyclic esters (lactones) is 1. The molecule has 2 aromatic rings. The average molecular weight is 307 g/mol. The van der Waals surface area contributed by atoms with Crippen LogP contribution in [0.1, 0.15) is 12.5 Å². The number of esters is 1. The standard InChI is InChI=1S/C17H13N3O3/c1-11-15(19-20-18)17(22,23-16(11)21)14-9-7-13(8-10-14)12-5-3-2-4-6-12/h2-10,22H,1H3. The number of azide groups is 1. The van der Waals surface area contributed by atoms with E-state index < -0.39 is 11.8 Å². The van der Waals surface area contributed by atoms with E-state index in [1.807, 2.05) is 30.3 Å². The molecule has 1 unspecified atom stereocenters.